The third-order valence-electron chi connectivity index (χ3n) is 3.20. The van der Waals surface area contributed by atoms with Crippen molar-refractivity contribution in [2.45, 2.75) is 11.3 Å². The molecule has 7 heteroatoms. The van der Waals surface area contributed by atoms with Gasteiger partial charge in [-0.2, -0.15) is 5.26 Å². The molecule has 0 aliphatic rings. The van der Waals surface area contributed by atoms with Gasteiger partial charge < -0.3 is 5.11 Å². The van der Waals surface area contributed by atoms with Crippen LogP contribution in [0.15, 0.2) is 53.4 Å². The van der Waals surface area contributed by atoms with Crippen LogP contribution in [-0.2, 0) is 16.4 Å². The lowest BCUT2D eigenvalue weighted by atomic mass is 10.1. The third kappa shape index (κ3) is 4.16. The van der Waals surface area contributed by atoms with Crippen LogP contribution in [0.25, 0.3) is 0 Å². The lowest BCUT2D eigenvalue weighted by Crippen LogP contribution is -2.26. The average molecular weight is 330 g/mol. The highest BCUT2D eigenvalue weighted by atomic mass is 32.2. The van der Waals surface area contributed by atoms with Crippen LogP contribution in [0.4, 0.5) is 0 Å². The van der Waals surface area contributed by atoms with E-state index in [9.17, 15) is 13.2 Å². The molecule has 0 aromatic heterocycles. The largest absolute Gasteiger partial charge is 0.478 e. The van der Waals surface area contributed by atoms with Crippen molar-refractivity contribution in [3.05, 3.63) is 65.2 Å². The van der Waals surface area contributed by atoms with Gasteiger partial charge in [0.1, 0.15) is 6.07 Å². The number of carboxylic acid groups (broad SMARTS) is 1. The quantitative estimate of drug-likeness (QED) is 0.839. The summed E-state index contributed by atoms with van der Waals surface area (Å²) in [5.41, 5.74) is 1.08. The first-order valence-corrected chi connectivity index (χ1v) is 8.23. The zero-order valence-corrected chi connectivity index (χ0v) is 12.9. The van der Waals surface area contributed by atoms with E-state index in [2.05, 4.69) is 4.72 Å². The summed E-state index contributed by atoms with van der Waals surface area (Å²) in [6.45, 7) is 0.147. The molecule has 0 heterocycles. The Morgan fingerprint density at radius 3 is 2.39 bits per heavy atom. The summed E-state index contributed by atoms with van der Waals surface area (Å²) in [4.78, 5) is 10.7. The summed E-state index contributed by atoms with van der Waals surface area (Å²) in [5.74, 6) is -1.01. The van der Waals surface area contributed by atoms with Gasteiger partial charge >= 0.3 is 5.97 Å². The number of benzene rings is 2. The number of nitrogens with one attached hydrogen (secondary N) is 1. The monoisotopic (exact) mass is 330 g/mol. The molecule has 0 radical (unpaired) electrons. The van der Waals surface area contributed by atoms with Gasteiger partial charge in [-0.1, -0.05) is 24.3 Å². The molecule has 2 rings (SSSR count). The van der Waals surface area contributed by atoms with E-state index < -0.39 is 16.0 Å². The first-order valence-electron chi connectivity index (χ1n) is 6.75. The molecule has 0 saturated carbocycles. The molecule has 2 aromatic carbocycles. The number of nitrogens with zero attached hydrogens (tertiary/aromatic N) is 1. The Hall–Kier alpha value is -2.69. The van der Waals surface area contributed by atoms with Crippen molar-refractivity contribution in [3.8, 4) is 6.07 Å². The number of aromatic carboxylic acids is 1. The summed E-state index contributed by atoms with van der Waals surface area (Å²) >= 11 is 0. The van der Waals surface area contributed by atoms with E-state index in [1.165, 1.54) is 24.3 Å². The fraction of sp³-hybridized carbons (Fsp3) is 0.125. The normalized spacial score (nSPS) is 10.9. The standard InChI is InChI=1S/C16H14N2O4S/c17-11-14-3-1-2-4-15(14)23(21,22)18-10-9-12-5-7-13(8-6-12)16(19)20/h1-8,18H,9-10H2,(H,19,20). The molecule has 0 fully saturated rings. The van der Waals surface area contributed by atoms with E-state index >= 15 is 0 Å². The number of sulfonamides is 1. The predicted octanol–water partition coefficient (Wildman–Crippen LogP) is 1.78. The fourth-order valence-corrected chi connectivity index (χ4v) is 3.20. The minimum atomic E-state index is -3.76. The Bertz CT molecular complexity index is 852. The second kappa shape index (κ2) is 7.05. The SMILES string of the molecule is N#Cc1ccccc1S(=O)(=O)NCCc1ccc(C(=O)O)cc1. The molecule has 0 aliphatic carbocycles. The van der Waals surface area contributed by atoms with Crippen LogP contribution in [0, 0.1) is 11.3 Å². The highest BCUT2D eigenvalue weighted by molar-refractivity contribution is 7.89. The Balaban J connectivity index is 2.03. The van der Waals surface area contributed by atoms with E-state index in [-0.39, 0.29) is 22.6 Å². The fourth-order valence-electron chi connectivity index (χ4n) is 2.01. The molecule has 0 bridgehead atoms. The lowest BCUT2D eigenvalue weighted by Gasteiger charge is -2.08. The summed E-state index contributed by atoms with van der Waals surface area (Å²) in [7, 11) is -3.76. The van der Waals surface area contributed by atoms with Crippen LogP contribution in [0.2, 0.25) is 0 Å². The van der Waals surface area contributed by atoms with E-state index in [0.29, 0.717) is 6.42 Å². The van der Waals surface area contributed by atoms with Crippen molar-refractivity contribution in [3.63, 3.8) is 0 Å². The predicted molar refractivity (Wildman–Crippen MR) is 83.5 cm³/mol. The molecule has 118 valence electrons. The van der Waals surface area contributed by atoms with Crippen molar-refractivity contribution < 1.29 is 18.3 Å². The Morgan fingerprint density at radius 1 is 1.13 bits per heavy atom. The molecule has 0 amide bonds. The maximum Gasteiger partial charge on any atom is 0.335 e. The van der Waals surface area contributed by atoms with Crippen molar-refractivity contribution in [2.75, 3.05) is 6.54 Å². The van der Waals surface area contributed by atoms with Crippen molar-refractivity contribution in [2.24, 2.45) is 0 Å². The maximum atomic E-state index is 12.2. The van der Waals surface area contributed by atoms with Crippen molar-refractivity contribution >= 4 is 16.0 Å². The topological polar surface area (TPSA) is 107 Å². The number of hydrogen-bond acceptors (Lipinski definition) is 4. The molecule has 2 N–H and O–H groups in total. The highest BCUT2D eigenvalue weighted by Crippen LogP contribution is 2.14. The highest BCUT2D eigenvalue weighted by Gasteiger charge is 2.17. The summed E-state index contributed by atoms with van der Waals surface area (Å²) < 4.78 is 26.9. The molecule has 2 aromatic rings. The molecule has 0 spiro atoms. The number of rotatable bonds is 6. The van der Waals surface area contributed by atoms with Crippen LogP contribution >= 0.6 is 0 Å². The van der Waals surface area contributed by atoms with Gasteiger partial charge in [0, 0.05) is 6.54 Å². The maximum absolute atomic E-state index is 12.2. The van der Waals surface area contributed by atoms with Crippen LogP contribution in [-0.4, -0.2) is 26.0 Å². The van der Waals surface area contributed by atoms with Gasteiger partial charge in [-0.15, -0.1) is 0 Å². The molecular formula is C16H14N2O4S. The molecule has 23 heavy (non-hydrogen) atoms. The average Bonchev–Trinajstić information content (AvgIpc) is 2.55. The van der Waals surface area contributed by atoms with E-state index in [0.717, 1.165) is 5.56 Å². The molecule has 6 nitrogen and oxygen atoms in total. The smallest absolute Gasteiger partial charge is 0.335 e. The molecule has 0 atom stereocenters. The van der Waals surface area contributed by atoms with E-state index in [1.54, 1.807) is 24.3 Å². The Morgan fingerprint density at radius 2 is 1.78 bits per heavy atom. The van der Waals surface area contributed by atoms with Crippen LogP contribution in [0.3, 0.4) is 0 Å². The number of hydrogen-bond donors (Lipinski definition) is 2. The van der Waals surface area contributed by atoms with Gasteiger partial charge in [0.2, 0.25) is 10.0 Å². The summed E-state index contributed by atoms with van der Waals surface area (Å²) in [5, 5.41) is 17.8. The minimum Gasteiger partial charge on any atom is -0.478 e. The summed E-state index contributed by atoms with van der Waals surface area (Å²) in [6, 6.07) is 14.0. The lowest BCUT2D eigenvalue weighted by molar-refractivity contribution is 0.0697. The zero-order chi connectivity index (χ0) is 16.9. The van der Waals surface area contributed by atoms with Crippen LogP contribution in [0.5, 0.6) is 0 Å². The molecule has 0 aliphatic heterocycles. The van der Waals surface area contributed by atoms with Crippen molar-refractivity contribution in [1.82, 2.24) is 4.72 Å². The first kappa shape index (κ1) is 16.7. The van der Waals surface area contributed by atoms with Crippen LogP contribution < -0.4 is 4.72 Å². The van der Waals surface area contributed by atoms with Gasteiger partial charge in [0.05, 0.1) is 16.0 Å². The second-order valence-electron chi connectivity index (χ2n) is 4.76. The second-order valence-corrected chi connectivity index (χ2v) is 6.49. The van der Waals surface area contributed by atoms with Gasteiger partial charge in [-0.05, 0) is 36.2 Å². The number of carbonyl (C=O) groups is 1. The van der Waals surface area contributed by atoms with Gasteiger partial charge in [0.15, 0.2) is 0 Å². The van der Waals surface area contributed by atoms with Crippen LogP contribution in [0.1, 0.15) is 21.5 Å². The number of nitriles is 1. The first-order chi connectivity index (χ1) is 10.9. The molecule has 0 saturated heterocycles. The Labute approximate surface area is 134 Å². The Kier molecular flexibility index (Phi) is 5.11. The molecule has 0 unspecified atom stereocenters. The van der Waals surface area contributed by atoms with Gasteiger partial charge in [-0.25, -0.2) is 17.9 Å². The minimum absolute atomic E-state index is 0.0521. The summed E-state index contributed by atoms with van der Waals surface area (Å²) in [6.07, 6.45) is 0.411. The van der Waals surface area contributed by atoms with Crippen molar-refractivity contribution in [1.29, 1.82) is 5.26 Å². The number of carboxylic acids is 1. The van der Waals surface area contributed by atoms with Gasteiger partial charge in [-0.3, -0.25) is 0 Å². The van der Waals surface area contributed by atoms with E-state index in [4.69, 9.17) is 10.4 Å². The zero-order valence-electron chi connectivity index (χ0n) is 12.1. The molecular weight excluding hydrogens is 316 g/mol. The van der Waals surface area contributed by atoms with Gasteiger partial charge in [0.25, 0.3) is 0 Å². The van der Waals surface area contributed by atoms with E-state index in [1.807, 2.05) is 6.07 Å². The third-order valence-corrected chi connectivity index (χ3v) is 4.72.